The lowest BCUT2D eigenvalue weighted by atomic mass is 10.1. The van der Waals surface area contributed by atoms with E-state index in [1.807, 2.05) is 35.7 Å². The molecule has 1 aromatic heterocycles. The molecule has 1 fully saturated rings. The van der Waals surface area contributed by atoms with E-state index in [1.165, 1.54) is 45.9 Å². The predicted molar refractivity (Wildman–Crippen MR) is 132 cm³/mol. The normalized spacial score (nSPS) is 14.5. The van der Waals surface area contributed by atoms with Crippen molar-refractivity contribution in [1.29, 1.82) is 0 Å². The highest BCUT2D eigenvalue weighted by molar-refractivity contribution is 7.89. The maximum absolute atomic E-state index is 13.7. The van der Waals surface area contributed by atoms with E-state index in [2.05, 4.69) is 11.6 Å². The zero-order valence-corrected chi connectivity index (χ0v) is 20.3. The number of methoxy groups -OCH3 is 1. The molecule has 0 spiro atoms. The summed E-state index contributed by atoms with van der Waals surface area (Å²) < 4.78 is 38.4. The van der Waals surface area contributed by atoms with E-state index in [0.29, 0.717) is 18.3 Å². The summed E-state index contributed by atoms with van der Waals surface area (Å²) in [5.74, 6) is -0.149. The first-order valence-corrected chi connectivity index (χ1v) is 13.0. The van der Waals surface area contributed by atoms with E-state index in [-0.39, 0.29) is 35.8 Å². The molecule has 0 saturated carbocycles. The maximum atomic E-state index is 13.7. The summed E-state index contributed by atoms with van der Waals surface area (Å²) in [6.07, 6.45) is 1.60. The number of morpholine rings is 1. The van der Waals surface area contributed by atoms with Crippen molar-refractivity contribution in [1.82, 2.24) is 9.29 Å². The smallest absolute Gasteiger partial charge is 0.264 e. The minimum atomic E-state index is -3.78. The van der Waals surface area contributed by atoms with Crippen molar-refractivity contribution in [3.63, 3.8) is 0 Å². The third-order valence-corrected chi connectivity index (χ3v) is 8.12. The number of rotatable bonds is 8. The molecule has 0 atom stereocenters. The largest absolute Gasteiger partial charge is 0.496 e. The van der Waals surface area contributed by atoms with E-state index in [4.69, 9.17) is 9.47 Å². The summed E-state index contributed by atoms with van der Waals surface area (Å²) in [5, 5.41) is 2.36. The Bertz CT molecular complexity index is 1270. The van der Waals surface area contributed by atoms with Crippen LogP contribution in [-0.4, -0.2) is 63.6 Å². The predicted octanol–water partition coefficient (Wildman–Crippen LogP) is 3.67. The summed E-state index contributed by atoms with van der Waals surface area (Å²) in [6.45, 7) is 5.17. The summed E-state index contributed by atoms with van der Waals surface area (Å²) in [6, 6.07) is 14.0. The van der Waals surface area contributed by atoms with E-state index in [9.17, 15) is 13.2 Å². The number of hydrogen-bond donors (Lipinski definition) is 0. The van der Waals surface area contributed by atoms with Crippen molar-refractivity contribution < 1.29 is 22.7 Å². The molecule has 1 aliphatic rings. The van der Waals surface area contributed by atoms with Crippen LogP contribution in [0.25, 0.3) is 11.3 Å². The molecule has 0 N–H and O–H groups in total. The van der Waals surface area contributed by atoms with Gasteiger partial charge in [0.1, 0.15) is 5.75 Å². The van der Waals surface area contributed by atoms with E-state index < -0.39 is 15.9 Å². The van der Waals surface area contributed by atoms with Gasteiger partial charge in [-0.05, 0) is 18.2 Å². The van der Waals surface area contributed by atoms with E-state index in [0.717, 1.165) is 11.3 Å². The van der Waals surface area contributed by atoms with Crippen molar-refractivity contribution in [2.45, 2.75) is 4.90 Å². The number of carbonyl (C=O) groups excluding carboxylic acids is 1. The van der Waals surface area contributed by atoms with Crippen molar-refractivity contribution in [3.8, 4) is 17.0 Å². The SMILES string of the molecule is C=CCN(C(=O)c1cc(S(=O)(=O)N2CCOCC2)ccc1OC)c1nc(-c2ccccc2)cs1. The van der Waals surface area contributed by atoms with E-state index in [1.54, 1.807) is 6.08 Å². The highest BCUT2D eigenvalue weighted by Gasteiger charge is 2.30. The van der Waals surface area contributed by atoms with Crippen LogP contribution < -0.4 is 9.64 Å². The Labute approximate surface area is 203 Å². The molecule has 4 rings (SSSR count). The van der Waals surface area contributed by atoms with Crippen LogP contribution in [0.4, 0.5) is 5.13 Å². The van der Waals surface area contributed by atoms with Gasteiger partial charge in [0.25, 0.3) is 5.91 Å². The van der Waals surface area contributed by atoms with Gasteiger partial charge in [-0.15, -0.1) is 17.9 Å². The van der Waals surface area contributed by atoms with Crippen molar-refractivity contribution in [2.24, 2.45) is 0 Å². The number of benzene rings is 2. The number of hydrogen-bond acceptors (Lipinski definition) is 7. The lowest BCUT2D eigenvalue weighted by Gasteiger charge is -2.26. The number of ether oxygens (including phenoxy) is 2. The van der Waals surface area contributed by atoms with Crippen molar-refractivity contribution >= 4 is 32.4 Å². The Hall–Kier alpha value is -3.05. The Morgan fingerprint density at radius 1 is 1.24 bits per heavy atom. The zero-order valence-electron chi connectivity index (χ0n) is 18.7. The molecule has 2 heterocycles. The highest BCUT2D eigenvalue weighted by Crippen LogP contribution is 2.31. The van der Waals surface area contributed by atoms with Crippen LogP contribution in [0.15, 0.2) is 71.5 Å². The molecule has 10 heteroatoms. The van der Waals surface area contributed by atoms with Crippen molar-refractivity contribution in [2.75, 3.05) is 44.9 Å². The molecule has 0 aliphatic carbocycles. The van der Waals surface area contributed by atoms with Gasteiger partial charge in [0.05, 0.1) is 36.5 Å². The first-order chi connectivity index (χ1) is 16.5. The lowest BCUT2D eigenvalue weighted by molar-refractivity contribution is 0.0730. The van der Waals surface area contributed by atoms with Gasteiger partial charge in [0.15, 0.2) is 5.13 Å². The molecule has 2 aromatic carbocycles. The molecular weight excluding hydrogens is 474 g/mol. The Morgan fingerprint density at radius 3 is 2.65 bits per heavy atom. The molecule has 1 amide bonds. The maximum Gasteiger partial charge on any atom is 0.264 e. The zero-order chi connectivity index (χ0) is 24.1. The molecule has 3 aromatic rings. The standard InChI is InChI=1S/C24H25N3O5S2/c1-3-11-27(24-25-21(17-33-24)18-7-5-4-6-8-18)23(28)20-16-19(9-10-22(20)31-2)34(29,30)26-12-14-32-15-13-26/h3-10,16-17H,1,11-15H2,2H3. The molecular formula is C24H25N3O5S2. The molecule has 34 heavy (non-hydrogen) atoms. The van der Waals surface area contributed by atoms with Crippen LogP contribution in [0, 0.1) is 0 Å². The van der Waals surface area contributed by atoms with Crippen LogP contribution in [-0.2, 0) is 14.8 Å². The molecule has 0 radical (unpaired) electrons. The van der Waals surface area contributed by atoms with Gasteiger partial charge in [0.2, 0.25) is 10.0 Å². The van der Waals surface area contributed by atoms with Gasteiger partial charge < -0.3 is 9.47 Å². The second kappa shape index (κ2) is 10.5. The fraction of sp³-hybridized carbons (Fsp3) is 0.250. The highest BCUT2D eigenvalue weighted by atomic mass is 32.2. The summed E-state index contributed by atoms with van der Waals surface area (Å²) in [7, 11) is -2.34. The van der Waals surface area contributed by atoms with Gasteiger partial charge in [-0.1, -0.05) is 36.4 Å². The minimum Gasteiger partial charge on any atom is -0.496 e. The number of nitrogens with zero attached hydrogens (tertiary/aromatic N) is 3. The second-order valence-electron chi connectivity index (χ2n) is 7.46. The quantitative estimate of drug-likeness (QED) is 0.440. The minimum absolute atomic E-state index is 0.0289. The first kappa shape index (κ1) is 24.1. The average molecular weight is 500 g/mol. The van der Waals surface area contributed by atoms with Crippen LogP contribution >= 0.6 is 11.3 Å². The average Bonchev–Trinajstić information content (AvgIpc) is 3.37. The molecule has 1 aliphatic heterocycles. The van der Waals surface area contributed by atoms with Crippen molar-refractivity contribution in [3.05, 3.63) is 72.1 Å². The Balaban J connectivity index is 1.70. The fourth-order valence-corrected chi connectivity index (χ4v) is 5.88. The number of aromatic nitrogens is 1. The number of thiazole rings is 1. The Kier molecular flexibility index (Phi) is 7.42. The molecule has 1 saturated heterocycles. The van der Waals surface area contributed by atoms with Crippen LogP contribution in [0.1, 0.15) is 10.4 Å². The van der Waals surface area contributed by atoms with Gasteiger partial charge in [-0.2, -0.15) is 4.31 Å². The Morgan fingerprint density at radius 2 is 1.97 bits per heavy atom. The van der Waals surface area contributed by atoms with Gasteiger partial charge in [0, 0.05) is 30.6 Å². The number of anilines is 1. The monoisotopic (exact) mass is 499 g/mol. The molecule has 0 bridgehead atoms. The second-order valence-corrected chi connectivity index (χ2v) is 10.2. The summed E-state index contributed by atoms with van der Waals surface area (Å²) in [5.41, 5.74) is 1.82. The lowest BCUT2D eigenvalue weighted by Crippen LogP contribution is -2.40. The van der Waals surface area contributed by atoms with Gasteiger partial charge in [-0.25, -0.2) is 13.4 Å². The number of sulfonamides is 1. The third-order valence-electron chi connectivity index (χ3n) is 5.36. The third kappa shape index (κ3) is 4.90. The van der Waals surface area contributed by atoms with E-state index >= 15 is 0 Å². The topological polar surface area (TPSA) is 89.0 Å². The molecule has 178 valence electrons. The molecule has 8 nitrogen and oxygen atoms in total. The van der Waals surface area contributed by atoms with Gasteiger partial charge in [-0.3, -0.25) is 9.69 Å². The number of amides is 1. The van der Waals surface area contributed by atoms with Crippen LogP contribution in [0.5, 0.6) is 5.75 Å². The number of carbonyl (C=O) groups is 1. The van der Waals surface area contributed by atoms with Crippen LogP contribution in [0.2, 0.25) is 0 Å². The van der Waals surface area contributed by atoms with Gasteiger partial charge >= 0.3 is 0 Å². The first-order valence-electron chi connectivity index (χ1n) is 10.7. The van der Waals surface area contributed by atoms with Crippen LogP contribution in [0.3, 0.4) is 0 Å². The summed E-state index contributed by atoms with van der Waals surface area (Å²) >= 11 is 1.33. The summed E-state index contributed by atoms with van der Waals surface area (Å²) in [4.78, 5) is 19.8. The fourth-order valence-electron chi connectivity index (χ4n) is 3.60. The molecule has 0 unspecified atom stereocenters.